The van der Waals surface area contributed by atoms with Gasteiger partial charge in [0.2, 0.25) is 0 Å². The molecular formula is C60H88O12. The van der Waals surface area contributed by atoms with Crippen molar-refractivity contribution in [1.29, 1.82) is 0 Å². The van der Waals surface area contributed by atoms with Gasteiger partial charge in [0.1, 0.15) is 23.1 Å². The van der Waals surface area contributed by atoms with Crippen molar-refractivity contribution < 1.29 is 57.8 Å². The number of phenols is 1. The van der Waals surface area contributed by atoms with Crippen molar-refractivity contribution in [3.8, 4) is 5.75 Å². The Balaban J connectivity index is 0.000000129. The molecule has 0 aromatic heterocycles. The first kappa shape index (κ1) is 54.5. The fraction of sp³-hybridized carbons (Fsp3) is 0.767. The summed E-state index contributed by atoms with van der Waals surface area (Å²) in [7, 11) is 0. The first-order valence-corrected chi connectivity index (χ1v) is 28.0. The molecule has 0 amide bonds. The monoisotopic (exact) mass is 1000 g/mol. The first-order chi connectivity index (χ1) is 33.9. The van der Waals surface area contributed by atoms with Gasteiger partial charge in [0, 0.05) is 12.3 Å². The van der Waals surface area contributed by atoms with Crippen LogP contribution < -0.4 is 0 Å². The number of hydrogen-bond donors (Lipinski definition) is 2. The van der Waals surface area contributed by atoms with Crippen molar-refractivity contribution in [3.05, 3.63) is 42.0 Å². The van der Waals surface area contributed by atoms with Crippen molar-refractivity contribution in [2.45, 2.75) is 251 Å². The number of esters is 4. The highest BCUT2D eigenvalue weighted by atomic mass is 16.7. The normalized spacial score (nSPS) is 34.5. The number of aromatic hydroxyl groups is 1. The second-order valence-electron chi connectivity index (χ2n) is 25.7. The molecular weight excluding hydrogens is 913 g/mol. The van der Waals surface area contributed by atoms with Gasteiger partial charge in [0.25, 0.3) is 0 Å². The van der Waals surface area contributed by atoms with Crippen LogP contribution in [0.4, 0.5) is 0 Å². The van der Waals surface area contributed by atoms with E-state index in [1.54, 1.807) is 12.1 Å². The van der Waals surface area contributed by atoms with Gasteiger partial charge in [-0.3, -0.25) is 19.2 Å². The quantitative estimate of drug-likeness (QED) is 0.153. The molecule has 12 heteroatoms. The van der Waals surface area contributed by atoms with Gasteiger partial charge in [-0.2, -0.15) is 0 Å². The standard InChI is InChI=1S/C17H28O3.C16H26O3.C14H16O.C13H18O5/c1-4-16(2,3)15(18)20-17(9-5-6-10-17)13-11-12-7-8-14(13)19-12;1-4-14(2,3)13(17)19-16-8-11-5-12(9-16)7-15(18,6-11)10-16;1-3-10(2)11-4-5-13-9-14(15)7-6-12(13)8-11;1-4-13(2,3)12(15)18-9-7-5-6-8(16-7)10(9)17-11(6)14/h12-14H,4-11H2,1-3H3;11-12,18H,4-10H2,1-3H3;4-10,15H,3H2,1-2H3;6-10H,4-5H2,1-3H3. The molecule has 10 aliphatic rings. The minimum atomic E-state index is -0.555. The molecule has 12 nitrogen and oxygen atoms in total. The third-order valence-electron chi connectivity index (χ3n) is 19.2. The lowest BCUT2D eigenvalue weighted by Gasteiger charge is -2.59. The molecule has 5 aliphatic carbocycles. The van der Waals surface area contributed by atoms with Crippen molar-refractivity contribution in [3.63, 3.8) is 0 Å². The number of carbonyl (C=O) groups excluding carboxylic acids is 4. The van der Waals surface area contributed by atoms with Gasteiger partial charge in [-0.25, -0.2) is 0 Å². The third kappa shape index (κ3) is 11.1. The first-order valence-electron chi connectivity index (χ1n) is 28.0. The average molecular weight is 1000 g/mol. The molecule has 0 spiro atoms. The SMILES string of the molecule is CCC(C)(C)C(=O)OC1(C2CC3CCC2O3)CCCC1.CCC(C)(C)C(=O)OC12CC3CC(CC(O)(C3)C1)C2.CCC(C)(C)C(=O)OC1C2CC3C(=O)OC1C3O2.CCC(C)c1ccc2cc(O)ccc2c1. The van der Waals surface area contributed by atoms with Gasteiger partial charge >= 0.3 is 23.9 Å². The molecule has 5 saturated carbocycles. The summed E-state index contributed by atoms with van der Waals surface area (Å²) in [5.74, 6) is 1.81. The maximum Gasteiger partial charge on any atom is 0.312 e. The van der Waals surface area contributed by atoms with E-state index in [9.17, 15) is 29.4 Å². The molecule has 0 radical (unpaired) electrons. The maximum absolute atomic E-state index is 12.6. The van der Waals surface area contributed by atoms with E-state index >= 15 is 0 Å². The van der Waals surface area contributed by atoms with E-state index in [2.05, 4.69) is 39.0 Å². The highest BCUT2D eigenvalue weighted by Crippen LogP contribution is 2.59. The van der Waals surface area contributed by atoms with Gasteiger partial charge in [0.15, 0.2) is 12.2 Å². The molecule has 400 valence electrons. The Hall–Kier alpha value is -3.74. The molecule has 5 saturated heterocycles. The molecule has 11 atom stereocenters. The van der Waals surface area contributed by atoms with Gasteiger partial charge < -0.3 is 38.6 Å². The van der Waals surface area contributed by atoms with Crippen LogP contribution in [0, 0.1) is 39.9 Å². The summed E-state index contributed by atoms with van der Waals surface area (Å²) < 4.78 is 34.6. The van der Waals surface area contributed by atoms with Crippen LogP contribution in [0.5, 0.6) is 5.75 Å². The predicted octanol–water partition coefficient (Wildman–Crippen LogP) is 12.0. The second kappa shape index (κ2) is 20.8. The summed E-state index contributed by atoms with van der Waals surface area (Å²) in [6.45, 7) is 22.1. The third-order valence-corrected chi connectivity index (χ3v) is 19.2. The van der Waals surface area contributed by atoms with Gasteiger partial charge in [-0.1, -0.05) is 58.9 Å². The largest absolute Gasteiger partial charge is 0.508 e. The summed E-state index contributed by atoms with van der Waals surface area (Å²) in [5.41, 5.74) is -1.05. The van der Waals surface area contributed by atoms with Crippen LogP contribution in [0.3, 0.4) is 0 Å². The molecule has 2 aromatic rings. The summed E-state index contributed by atoms with van der Waals surface area (Å²) in [4.78, 5) is 48.5. The summed E-state index contributed by atoms with van der Waals surface area (Å²) in [5, 5.41) is 22.3. The minimum Gasteiger partial charge on any atom is -0.508 e. The zero-order chi connectivity index (χ0) is 52.2. The average Bonchev–Trinajstić information content (AvgIpc) is 4.21. The number of carbonyl (C=O) groups is 4. The van der Waals surface area contributed by atoms with Crippen LogP contribution in [0.1, 0.15) is 203 Å². The van der Waals surface area contributed by atoms with E-state index in [1.807, 2.05) is 61.5 Å². The Morgan fingerprint density at radius 2 is 1.32 bits per heavy atom. The lowest BCUT2D eigenvalue weighted by atomic mass is 9.52. The van der Waals surface area contributed by atoms with Crippen LogP contribution in [0.25, 0.3) is 10.8 Å². The Labute approximate surface area is 429 Å². The fourth-order valence-electron chi connectivity index (χ4n) is 13.5. The number of ether oxygens (including phenoxy) is 6. The summed E-state index contributed by atoms with van der Waals surface area (Å²) in [6.07, 6.45) is 17.3. The van der Waals surface area contributed by atoms with E-state index in [0.29, 0.717) is 60.9 Å². The molecule has 11 unspecified atom stereocenters. The van der Waals surface area contributed by atoms with Crippen LogP contribution in [0.2, 0.25) is 0 Å². The number of aliphatic hydroxyl groups is 1. The van der Waals surface area contributed by atoms with Crippen LogP contribution in [0.15, 0.2) is 36.4 Å². The van der Waals surface area contributed by atoms with Crippen LogP contribution in [-0.2, 0) is 47.6 Å². The molecule has 72 heavy (non-hydrogen) atoms. The lowest BCUT2D eigenvalue weighted by Crippen LogP contribution is -2.61. The van der Waals surface area contributed by atoms with Gasteiger partial charge in [0.05, 0.1) is 46.1 Å². The van der Waals surface area contributed by atoms with Crippen molar-refractivity contribution >= 4 is 34.6 Å². The molecule has 2 aromatic carbocycles. The topological polar surface area (TPSA) is 164 Å². The van der Waals surface area contributed by atoms with Crippen LogP contribution in [-0.4, -0.2) is 87.5 Å². The van der Waals surface area contributed by atoms with Gasteiger partial charge in [-0.05, 0) is 197 Å². The Morgan fingerprint density at radius 1 is 0.722 bits per heavy atom. The molecule has 12 rings (SSSR count). The lowest BCUT2D eigenvalue weighted by molar-refractivity contribution is -0.225. The Bertz CT molecular complexity index is 2280. The molecule has 5 heterocycles. The van der Waals surface area contributed by atoms with Crippen molar-refractivity contribution in [1.82, 2.24) is 0 Å². The number of benzene rings is 2. The second-order valence-corrected chi connectivity index (χ2v) is 25.7. The van der Waals surface area contributed by atoms with E-state index < -0.39 is 28.6 Å². The van der Waals surface area contributed by atoms with Gasteiger partial charge in [-0.15, -0.1) is 0 Å². The van der Waals surface area contributed by atoms with E-state index in [1.165, 1.54) is 36.6 Å². The van der Waals surface area contributed by atoms with Crippen molar-refractivity contribution in [2.24, 2.45) is 39.9 Å². The molecule has 10 fully saturated rings. The van der Waals surface area contributed by atoms with Crippen LogP contribution >= 0.6 is 0 Å². The highest BCUT2D eigenvalue weighted by Gasteiger charge is 2.65. The summed E-state index contributed by atoms with van der Waals surface area (Å²) in [6, 6.07) is 11.9. The number of phenolic OH excluding ortho intramolecular Hbond substituents is 1. The molecule has 5 aliphatic heterocycles. The Morgan fingerprint density at radius 3 is 1.89 bits per heavy atom. The Kier molecular flexibility index (Phi) is 15.7. The van der Waals surface area contributed by atoms with Crippen molar-refractivity contribution in [2.75, 3.05) is 0 Å². The number of fused-ring (bicyclic) bond motifs is 4. The molecule has 8 bridgehead atoms. The van der Waals surface area contributed by atoms with E-state index in [4.69, 9.17) is 28.4 Å². The van der Waals surface area contributed by atoms with E-state index in [0.717, 1.165) is 76.0 Å². The summed E-state index contributed by atoms with van der Waals surface area (Å²) >= 11 is 0. The fourth-order valence-corrected chi connectivity index (χ4v) is 13.5. The zero-order valence-corrected chi connectivity index (χ0v) is 45.5. The number of hydrogen-bond acceptors (Lipinski definition) is 12. The predicted molar refractivity (Wildman–Crippen MR) is 275 cm³/mol. The zero-order valence-electron chi connectivity index (χ0n) is 45.5. The van der Waals surface area contributed by atoms with E-state index in [-0.39, 0.29) is 58.6 Å². The molecule has 2 N–H and O–H groups in total. The maximum atomic E-state index is 12.6. The number of rotatable bonds is 12. The highest BCUT2D eigenvalue weighted by molar-refractivity contribution is 5.84. The smallest absolute Gasteiger partial charge is 0.312 e. The minimum absolute atomic E-state index is 0.00956.